The highest BCUT2D eigenvalue weighted by Gasteiger charge is 2.39. The van der Waals surface area contributed by atoms with E-state index in [2.05, 4.69) is 26.8 Å². The maximum Gasteiger partial charge on any atom is -0.0164 e. The maximum absolute atomic E-state index is 2.47. The van der Waals surface area contributed by atoms with Crippen molar-refractivity contribution in [2.24, 2.45) is 0 Å². The minimum absolute atomic E-state index is 0.394. The summed E-state index contributed by atoms with van der Waals surface area (Å²) in [6, 6.07) is 0. The van der Waals surface area contributed by atoms with Gasteiger partial charge >= 0.3 is 0 Å². The van der Waals surface area contributed by atoms with Gasteiger partial charge in [0.25, 0.3) is 0 Å². The summed E-state index contributed by atoms with van der Waals surface area (Å²) >= 11 is 0. The largest absolute Gasteiger partial charge is 0.0973 e. The van der Waals surface area contributed by atoms with Crippen LogP contribution in [0.4, 0.5) is 0 Å². The van der Waals surface area contributed by atoms with Crippen molar-refractivity contribution in [1.82, 2.24) is 0 Å². The lowest BCUT2D eigenvalue weighted by molar-refractivity contribution is 0.636. The van der Waals surface area contributed by atoms with Crippen molar-refractivity contribution in [2.45, 2.75) is 63.4 Å². The fourth-order valence-corrected chi connectivity index (χ4v) is 7.07. The maximum atomic E-state index is 2.47. The van der Waals surface area contributed by atoms with E-state index in [-0.39, 0.29) is 0 Å². The average Bonchev–Trinajstić information content (AvgIpc) is 2.03. The summed E-state index contributed by atoms with van der Waals surface area (Å²) in [6.45, 7) is 7.26. The van der Waals surface area contributed by atoms with Crippen LogP contribution in [-0.2, 0) is 0 Å². The Labute approximate surface area is 83.6 Å². The van der Waals surface area contributed by atoms with Gasteiger partial charge in [0, 0.05) is 0 Å². The van der Waals surface area contributed by atoms with Gasteiger partial charge in [-0.1, -0.05) is 33.4 Å². The molecule has 0 spiro atoms. The minimum atomic E-state index is 0.394. The molecule has 0 saturated carbocycles. The van der Waals surface area contributed by atoms with Gasteiger partial charge in [0.2, 0.25) is 0 Å². The molecule has 1 aliphatic carbocycles. The average molecular weight is 196 g/mol. The number of hydrogen-bond acceptors (Lipinski definition) is 0. The summed E-state index contributed by atoms with van der Waals surface area (Å²) in [4.78, 5) is 0. The predicted molar refractivity (Wildman–Crippen MR) is 61.9 cm³/mol. The van der Waals surface area contributed by atoms with Gasteiger partial charge in [-0.25, -0.2) is 0 Å². The molecule has 1 fully saturated rings. The van der Waals surface area contributed by atoms with Crippen molar-refractivity contribution in [1.29, 1.82) is 0 Å². The molecular formula is C12H21P. The van der Waals surface area contributed by atoms with E-state index < -0.39 is 0 Å². The first-order valence-electron chi connectivity index (χ1n) is 5.61. The molecule has 0 aromatic heterocycles. The van der Waals surface area contributed by atoms with Gasteiger partial charge in [-0.15, -0.1) is 0 Å². The van der Waals surface area contributed by atoms with Crippen LogP contribution in [0.1, 0.15) is 46.5 Å². The first-order valence-corrected chi connectivity index (χ1v) is 7.16. The molecule has 0 bridgehead atoms. The topological polar surface area (TPSA) is 0 Å². The van der Waals surface area contributed by atoms with Crippen LogP contribution >= 0.6 is 7.92 Å². The Bertz CT molecular complexity index is 211. The summed E-state index contributed by atoms with van der Waals surface area (Å²) < 4.78 is 0. The molecule has 0 radical (unpaired) electrons. The predicted octanol–water partition coefficient (Wildman–Crippen LogP) is 4.15. The van der Waals surface area contributed by atoms with Crippen LogP contribution in [0.2, 0.25) is 0 Å². The molecule has 0 aromatic rings. The molecule has 13 heavy (non-hydrogen) atoms. The molecule has 2 aliphatic rings. The molecule has 0 nitrogen and oxygen atoms in total. The number of hydrogen-bond donors (Lipinski definition) is 0. The highest BCUT2D eigenvalue weighted by molar-refractivity contribution is 7.61. The van der Waals surface area contributed by atoms with Gasteiger partial charge in [-0.2, -0.15) is 0 Å². The molecule has 0 aromatic carbocycles. The zero-order chi connectivity index (χ0) is 9.42. The monoisotopic (exact) mass is 196 g/mol. The van der Waals surface area contributed by atoms with Crippen LogP contribution in [0.3, 0.4) is 0 Å². The van der Waals surface area contributed by atoms with Crippen molar-refractivity contribution in [2.75, 3.05) is 0 Å². The zero-order valence-electron chi connectivity index (χ0n) is 9.09. The standard InChI is InChI=1S/C12H21P/c1-9-5-4-6-12(7-9)13-10(2)8-11(13)3/h5,10-12H,4,6-8H2,1-3H3/t10-,11-,12+/m0/s1. The number of rotatable bonds is 1. The molecule has 0 unspecified atom stereocenters. The van der Waals surface area contributed by atoms with Crippen LogP contribution in [0, 0.1) is 0 Å². The smallest absolute Gasteiger partial charge is 0.0164 e. The summed E-state index contributed by atoms with van der Waals surface area (Å²) in [5.41, 5.74) is 4.88. The summed E-state index contributed by atoms with van der Waals surface area (Å²) in [5.74, 6) is 0. The lowest BCUT2D eigenvalue weighted by Crippen LogP contribution is -2.32. The first kappa shape index (κ1) is 9.71. The Balaban J connectivity index is 1.97. The molecule has 1 heteroatoms. The fraction of sp³-hybridized carbons (Fsp3) is 0.833. The second-order valence-electron chi connectivity index (χ2n) is 4.87. The summed E-state index contributed by atoms with van der Waals surface area (Å²) in [7, 11) is 0.394. The van der Waals surface area contributed by atoms with E-state index >= 15 is 0 Å². The van der Waals surface area contributed by atoms with Gasteiger partial charge in [0.15, 0.2) is 0 Å². The molecule has 1 heterocycles. The zero-order valence-corrected chi connectivity index (χ0v) is 9.98. The highest BCUT2D eigenvalue weighted by atomic mass is 31.1. The Hall–Kier alpha value is 0.170. The van der Waals surface area contributed by atoms with Crippen LogP contribution < -0.4 is 0 Å². The lowest BCUT2D eigenvalue weighted by atomic mass is 10.0. The quantitative estimate of drug-likeness (QED) is 0.436. The van der Waals surface area contributed by atoms with Crippen LogP contribution in [0.25, 0.3) is 0 Å². The van der Waals surface area contributed by atoms with Crippen molar-refractivity contribution in [3.63, 3.8) is 0 Å². The number of allylic oxidation sites excluding steroid dienone is 2. The molecule has 2 rings (SSSR count). The van der Waals surface area contributed by atoms with Crippen LogP contribution in [0.5, 0.6) is 0 Å². The third-order valence-electron chi connectivity index (χ3n) is 3.67. The van der Waals surface area contributed by atoms with E-state index in [1.807, 2.05) is 0 Å². The van der Waals surface area contributed by atoms with Crippen molar-refractivity contribution >= 4 is 7.92 Å². The lowest BCUT2D eigenvalue weighted by Gasteiger charge is -2.47. The van der Waals surface area contributed by atoms with E-state index in [0.29, 0.717) is 7.92 Å². The molecule has 0 amide bonds. The van der Waals surface area contributed by atoms with E-state index in [0.717, 1.165) is 17.0 Å². The Kier molecular flexibility index (Phi) is 2.79. The summed E-state index contributed by atoms with van der Waals surface area (Å²) in [6.07, 6.45) is 8.21. The highest BCUT2D eigenvalue weighted by Crippen LogP contribution is 2.64. The molecule has 0 N–H and O–H groups in total. The Morgan fingerprint density at radius 1 is 1.31 bits per heavy atom. The van der Waals surface area contributed by atoms with E-state index in [9.17, 15) is 0 Å². The minimum Gasteiger partial charge on any atom is -0.0973 e. The van der Waals surface area contributed by atoms with Crippen LogP contribution in [-0.4, -0.2) is 17.0 Å². The third kappa shape index (κ3) is 1.84. The first-order chi connectivity index (χ1) is 6.18. The molecule has 74 valence electrons. The van der Waals surface area contributed by atoms with Crippen molar-refractivity contribution in [3.05, 3.63) is 11.6 Å². The molecule has 1 aliphatic heterocycles. The van der Waals surface area contributed by atoms with Gasteiger partial charge in [-0.3, -0.25) is 0 Å². The fourth-order valence-electron chi connectivity index (χ4n) is 3.09. The van der Waals surface area contributed by atoms with Gasteiger partial charge in [0.1, 0.15) is 0 Å². The molecule has 1 saturated heterocycles. The summed E-state index contributed by atoms with van der Waals surface area (Å²) in [5, 5.41) is 0. The molecular weight excluding hydrogens is 175 g/mol. The third-order valence-corrected chi connectivity index (χ3v) is 7.41. The van der Waals surface area contributed by atoms with Crippen LogP contribution in [0.15, 0.2) is 11.6 Å². The molecule has 3 atom stereocenters. The van der Waals surface area contributed by atoms with E-state index in [1.165, 1.54) is 25.7 Å². The van der Waals surface area contributed by atoms with Gasteiger partial charge in [-0.05, 0) is 49.6 Å². The van der Waals surface area contributed by atoms with Gasteiger partial charge in [0.05, 0.1) is 0 Å². The van der Waals surface area contributed by atoms with E-state index in [4.69, 9.17) is 0 Å². The SMILES string of the molecule is CC1=CCC[C@@H](P2[C@@H](C)C[C@@H]2C)C1. The van der Waals surface area contributed by atoms with Crippen molar-refractivity contribution in [3.8, 4) is 0 Å². The Morgan fingerprint density at radius 2 is 2.00 bits per heavy atom. The Morgan fingerprint density at radius 3 is 2.54 bits per heavy atom. The second kappa shape index (κ2) is 3.73. The second-order valence-corrected chi connectivity index (χ2v) is 8.25. The normalized spacial score (nSPS) is 41.2. The van der Waals surface area contributed by atoms with Gasteiger partial charge < -0.3 is 0 Å². The van der Waals surface area contributed by atoms with E-state index in [1.54, 1.807) is 5.57 Å². The van der Waals surface area contributed by atoms with Crippen molar-refractivity contribution < 1.29 is 0 Å².